The van der Waals surface area contributed by atoms with Gasteiger partial charge in [-0.3, -0.25) is 0 Å². The van der Waals surface area contributed by atoms with Gasteiger partial charge >= 0.3 is 17.4 Å². The van der Waals surface area contributed by atoms with E-state index in [4.69, 9.17) is 0 Å². The molecule has 0 bridgehead atoms. The third-order valence-electron chi connectivity index (χ3n) is 4.25. The first-order valence-electron chi connectivity index (χ1n) is 11.7. The van der Waals surface area contributed by atoms with Crippen LogP contribution >= 0.6 is 22.1 Å². The van der Waals surface area contributed by atoms with E-state index >= 15 is 0 Å². The van der Waals surface area contributed by atoms with Crippen molar-refractivity contribution in [1.82, 2.24) is 0 Å². The van der Waals surface area contributed by atoms with Crippen molar-refractivity contribution in [3.05, 3.63) is 0 Å². The van der Waals surface area contributed by atoms with Gasteiger partial charge in [0.1, 0.15) is 0 Å². The second-order valence-corrected chi connectivity index (χ2v) is 15.4. The molecule has 0 fully saturated rings. The summed E-state index contributed by atoms with van der Waals surface area (Å²) in [4.78, 5) is 33.1. The molecule has 0 aliphatic carbocycles. The van der Waals surface area contributed by atoms with Crippen LogP contribution in [0.5, 0.6) is 0 Å². The van der Waals surface area contributed by atoms with E-state index in [1.54, 1.807) is 0 Å². The van der Waals surface area contributed by atoms with E-state index in [2.05, 4.69) is 0 Å². The van der Waals surface area contributed by atoms with Crippen molar-refractivity contribution >= 4 is 39.5 Å². The molecule has 0 saturated heterocycles. The van der Waals surface area contributed by atoms with Crippen molar-refractivity contribution in [2.45, 2.75) is 99.3 Å². The van der Waals surface area contributed by atoms with Crippen LogP contribution in [0.1, 0.15) is 99.3 Å². The minimum absolute atomic E-state index is 0. The third-order valence-corrected chi connectivity index (χ3v) is 10.6. The first-order valence-corrected chi connectivity index (χ1v) is 17.7. The summed E-state index contributed by atoms with van der Waals surface area (Å²) in [7, 11) is -8.88. The van der Waals surface area contributed by atoms with E-state index in [0.29, 0.717) is 37.0 Å². The Morgan fingerprint density at radius 3 is 0.742 bits per heavy atom. The summed E-state index contributed by atoms with van der Waals surface area (Å²) in [6, 6.07) is 0. The van der Waals surface area contributed by atoms with E-state index in [-0.39, 0.29) is 17.4 Å². The van der Waals surface area contributed by atoms with E-state index in [9.17, 15) is 28.4 Å². The number of hydrogen-bond acceptors (Lipinski definition) is 6. The Bertz CT molecular complexity index is 446. The van der Waals surface area contributed by atoms with Crippen LogP contribution in [0.4, 0.5) is 0 Å². The zero-order chi connectivity index (χ0) is 24.1. The molecule has 3 unspecified atom stereocenters. The Balaban J connectivity index is -0.000000174. The van der Waals surface area contributed by atoms with Gasteiger partial charge < -0.3 is 28.4 Å². The first kappa shape index (κ1) is 39.3. The van der Waals surface area contributed by atoms with Crippen LogP contribution in [-0.4, -0.2) is 54.3 Å². The molecule has 0 heterocycles. The smallest absolute Gasteiger partial charge is 0.799 e. The SMILES string of the molecule is CCCCP(=O)([O-])CCC.CCCCP(=O)([O-])CCC.CCCCP(=O)([O-])CCC.[Al+3]. The van der Waals surface area contributed by atoms with Crippen molar-refractivity contribution in [1.29, 1.82) is 0 Å². The van der Waals surface area contributed by atoms with Gasteiger partial charge in [-0.05, 0) is 56.2 Å². The molecule has 0 aliphatic heterocycles. The molecule has 0 amide bonds. The molecule has 31 heavy (non-hydrogen) atoms. The molecule has 0 aromatic carbocycles. The van der Waals surface area contributed by atoms with Gasteiger partial charge in [0.15, 0.2) is 0 Å². The molecule has 186 valence electrons. The predicted molar refractivity (Wildman–Crippen MR) is 133 cm³/mol. The standard InChI is InChI=1S/3C7H17O2P.Al/c3*1-3-5-7-10(8,9)6-4-2;/h3*3-7H2,1-2H3,(H,8,9);/q;;;+3/p-3. The first-order chi connectivity index (χ1) is 13.9. The zero-order valence-corrected chi connectivity index (χ0v) is 24.8. The fourth-order valence-electron chi connectivity index (χ4n) is 2.55. The second-order valence-electron chi connectivity index (χ2n) is 7.85. The van der Waals surface area contributed by atoms with Gasteiger partial charge in [-0.25, -0.2) is 0 Å². The van der Waals surface area contributed by atoms with Gasteiger partial charge in [0.05, 0.1) is 0 Å². The molecule has 0 saturated carbocycles. The average Bonchev–Trinajstić information content (AvgIpc) is 2.64. The van der Waals surface area contributed by atoms with Crippen molar-refractivity contribution in [3.63, 3.8) is 0 Å². The molecule has 0 rings (SSSR count). The molecule has 0 aliphatic rings. The largest absolute Gasteiger partial charge is 3.00 e. The van der Waals surface area contributed by atoms with Crippen molar-refractivity contribution in [2.75, 3.05) is 37.0 Å². The van der Waals surface area contributed by atoms with Gasteiger partial charge in [-0.15, -0.1) is 0 Å². The molecule has 0 aromatic heterocycles. The topological polar surface area (TPSA) is 120 Å². The van der Waals surface area contributed by atoms with Crippen LogP contribution < -0.4 is 14.7 Å². The Morgan fingerprint density at radius 1 is 0.419 bits per heavy atom. The molecule has 0 spiro atoms. The maximum absolute atomic E-state index is 11.0. The molecule has 0 radical (unpaired) electrons. The van der Waals surface area contributed by atoms with Crippen LogP contribution in [0.25, 0.3) is 0 Å². The van der Waals surface area contributed by atoms with Crippen LogP contribution in [0.2, 0.25) is 0 Å². The zero-order valence-electron chi connectivity index (χ0n) is 21.0. The van der Waals surface area contributed by atoms with Gasteiger partial charge in [0.2, 0.25) is 0 Å². The summed E-state index contributed by atoms with van der Waals surface area (Å²) in [6.45, 7) is 11.7. The Morgan fingerprint density at radius 2 is 0.613 bits per heavy atom. The maximum Gasteiger partial charge on any atom is 3.00 e. The van der Waals surface area contributed by atoms with E-state index in [1.165, 1.54) is 0 Å². The average molecular weight is 517 g/mol. The monoisotopic (exact) mass is 516 g/mol. The Hall–Kier alpha value is 1.10. The van der Waals surface area contributed by atoms with Crippen LogP contribution in [-0.2, 0) is 13.7 Å². The molecule has 10 heteroatoms. The van der Waals surface area contributed by atoms with Crippen LogP contribution in [0, 0.1) is 0 Å². The molecule has 0 N–H and O–H groups in total. The number of hydrogen-bond donors (Lipinski definition) is 0. The minimum atomic E-state index is -2.96. The molecular formula is C21H48AlO6P3. The van der Waals surface area contributed by atoms with Crippen molar-refractivity contribution < 1.29 is 28.4 Å². The number of unbranched alkanes of at least 4 members (excludes halogenated alkanes) is 3. The predicted octanol–water partition coefficient (Wildman–Crippen LogP) is 5.12. The molecule has 6 nitrogen and oxygen atoms in total. The third kappa shape index (κ3) is 33.4. The summed E-state index contributed by atoms with van der Waals surface area (Å²) in [5.74, 6) is 0. The normalized spacial score (nSPS) is 16.2. The maximum atomic E-state index is 11.0. The summed E-state index contributed by atoms with van der Waals surface area (Å²) >= 11 is 0. The molecule has 0 aromatic rings. The summed E-state index contributed by atoms with van der Waals surface area (Å²) in [5.41, 5.74) is 0. The van der Waals surface area contributed by atoms with Gasteiger partial charge in [-0.2, -0.15) is 0 Å². The second kappa shape index (κ2) is 24.2. The van der Waals surface area contributed by atoms with E-state index in [1.807, 2.05) is 41.5 Å². The summed E-state index contributed by atoms with van der Waals surface area (Å²) in [6.07, 6.45) is 9.97. The van der Waals surface area contributed by atoms with Crippen molar-refractivity contribution in [2.24, 2.45) is 0 Å². The van der Waals surface area contributed by atoms with Gasteiger partial charge in [-0.1, -0.05) is 80.1 Å². The molecule has 3 atom stereocenters. The van der Waals surface area contributed by atoms with E-state index < -0.39 is 22.1 Å². The van der Waals surface area contributed by atoms with Gasteiger partial charge in [0, 0.05) is 22.1 Å². The fourth-order valence-corrected chi connectivity index (χ4v) is 7.66. The summed E-state index contributed by atoms with van der Waals surface area (Å²) in [5, 5.41) is 0. The summed E-state index contributed by atoms with van der Waals surface area (Å²) < 4.78 is 33.1. The Kier molecular flexibility index (Phi) is 30.7. The van der Waals surface area contributed by atoms with Crippen LogP contribution in [0.3, 0.4) is 0 Å². The molecular weight excluding hydrogens is 468 g/mol. The number of rotatable bonds is 15. The van der Waals surface area contributed by atoms with Crippen molar-refractivity contribution in [3.8, 4) is 0 Å². The van der Waals surface area contributed by atoms with E-state index in [0.717, 1.165) is 57.8 Å². The quantitative estimate of drug-likeness (QED) is 0.220. The minimum Gasteiger partial charge on any atom is -0.799 e. The Labute approximate surface area is 203 Å². The van der Waals surface area contributed by atoms with Gasteiger partial charge in [0.25, 0.3) is 0 Å². The fraction of sp³-hybridized carbons (Fsp3) is 1.00. The van der Waals surface area contributed by atoms with Crippen LogP contribution in [0.15, 0.2) is 0 Å².